The van der Waals surface area contributed by atoms with Gasteiger partial charge < -0.3 is 40.9 Å². The molecule has 2 aromatic carbocycles. The molecular weight excluding hydrogens is 706 g/mol. The molecule has 0 aliphatic carbocycles. The third kappa shape index (κ3) is 11.5. The van der Waals surface area contributed by atoms with Gasteiger partial charge in [-0.15, -0.1) is 0 Å². The number of pyridine rings is 2. The average Bonchev–Trinajstić information content (AvgIpc) is 3.07. The molecule has 0 aliphatic rings. The molecule has 0 saturated heterocycles. The van der Waals surface area contributed by atoms with E-state index in [1.165, 1.54) is 12.4 Å². The Bertz CT molecular complexity index is 1670. The molecule has 0 aliphatic heterocycles. The Kier molecular flexibility index (Phi) is 17.6. The standard InChI is InChI=1S/2C17H18N2O5.Co.Na/c2*1-11-15(21)14(13(10-20)8-18-11)9-19-17(24,16(22)23)7-12-5-3-2-4-6-12;;/h2*2-6,8-9,20-21,24H,7,10H2,1H3,(H,22,23);;/q;;;+1/b2*19-9+;;/t2*17-;;/m11../s1. The van der Waals surface area contributed by atoms with Gasteiger partial charge in [0.2, 0.25) is 0 Å². The predicted molar refractivity (Wildman–Crippen MR) is 174 cm³/mol. The van der Waals surface area contributed by atoms with E-state index in [2.05, 4.69) is 20.0 Å². The van der Waals surface area contributed by atoms with E-state index in [4.69, 9.17) is 0 Å². The topological polar surface area (TPSA) is 246 Å². The molecular formula is C34H36CoN4NaO10+. The van der Waals surface area contributed by atoms with E-state index < -0.39 is 36.6 Å². The Morgan fingerprint density at radius 3 is 1.28 bits per heavy atom. The maximum Gasteiger partial charge on any atom is 1.00 e. The first kappa shape index (κ1) is 44.0. The van der Waals surface area contributed by atoms with Crippen LogP contribution in [0.1, 0.15) is 44.8 Å². The van der Waals surface area contributed by atoms with Crippen molar-refractivity contribution in [2.45, 2.75) is 51.4 Å². The zero-order chi connectivity index (χ0) is 35.5. The van der Waals surface area contributed by atoms with Gasteiger partial charge in [0.05, 0.1) is 24.6 Å². The number of aliphatic carboxylic acids is 2. The van der Waals surface area contributed by atoms with Crippen LogP contribution in [0.4, 0.5) is 0 Å². The predicted octanol–water partition coefficient (Wildman–Crippen LogP) is -0.953. The van der Waals surface area contributed by atoms with Crippen LogP contribution in [0.2, 0.25) is 0 Å². The van der Waals surface area contributed by atoms with E-state index >= 15 is 0 Å². The Hall–Kier alpha value is -4.03. The molecule has 16 heteroatoms. The third-order valence-electron chi connectivity index (χ3n) is 7.14. The van der Waals surface area contributed by atoms with Gasteiger partial charge in [-0.3, -0.25) is 9.97 Å². The molecule has 14 nitrogen and oxygen atoms in total. The minimum Gasteiger partial charge on any atom is -0.505 e. The number of aliphatic hydroxyl groups is 4. The molecule has 1 radical (unpaired) electrons. The second-order valence-corrected chi connectivity index (χ2v) is 10.7. The first-order valence-corrected chi connectivity index (χ1v) is 14.4. The van der Waals surface area contributed by atoms with Gasteiger partial charge >= 0.3 is 41.5 Å². The van der Waals surface area contributed by atoms with Gasteiger partial charge in [0.15, 0.2) is 0 Å². The number of aromatic hydroxyl groups is 2. The number of benzene rings is 2. The van der Waals surface area contributed by atoms with Crippen molar-refractivity contribution in [3.8, 4) is 11.5 Å². The van der Waals surface area contributed by atoms with Crippen LogP contribution >= 0.6 is 0 Å². The van der Waals surface area contributed by atoms with E-state index in [0.717, 1.165) is 12.4 Å². The first-order chi connectivity index (χ1) is 22.7. The molecule has 0 fully saturated rings. The number of hydrogen-bond acceptors (Lipinski definition) is 12. The number of aryl methyl sites for hydroxylation is 2. The van der Waals surface area contributed by atoms with Gasteiger partial charge in [0, 0.05) is 76.7 Å². The summed E-state index contributed by atoms with van der Waals surface area (Å²) in [6.45, 7) is 2.29. The molecule has 0 saturated carbocycles. The van der Waals surface area contributed by atoms with E-state index in [1.54, 1.807) is 74.5 Å². The largest absolute Gasteiger partial charge is 1.00 e. The monoisotopic (exact) mass is 742 g/mol. The van der Waals surface area contributed by atoms with Crippen LogP contribution in [0.3, 0.4) is 0 Å². The number of carboxylic acid groups (broad SMARTS) is 2. The maximum absolute atomic E-state index is 11.5. The van der Waals surface area contributed by atoms with Crippen molar-refractivity contribution in [3.63, 3.8) is 0 Å². The zero-order valence-corrected chi connectivity index (χ0v) is 30.5. The van der Waals surface area contributed by atoms with Gasteiger partial charge in [0.25, 0.3) is 11.4 Å². The van der Waals surface area contributed by atoms with Crippen molar-refractivity contribution < 1.29 is 96.8 Å². The Morgan fingerprint density at radius 2 is 1.00 bits per heavy atom. The summed E-state index contributed by atoms with van der Waals surface area (Å²) in [5.74, 6) is -3.48. The van der Waals surface area contributed by atoms with Crippen molar-refractivity contribution >= 4 is 24.4 Å². The molecule has 4 rings (SSSR count). The van der Waals surface area contributed by atoms with Gasteiger partial charge in [-0.2, -0.15) is 0 Å². The summed E-state index contributed by atoms with van der Waals surface area (Å²) in [6, 6.07) is 17.2. The number of aliphatic imine (C=N–C) groups is 2. The maximum atomic E-state index is 11.5. The molecule has 0 bridgehead atoms. The number of aromatic nitrogens is 2. The molecule has 50 heavy (non-hydrogen) atoms. The Balaban J connectivity index is 0.000000481. The summed E-state index contributed by atoms with van der Waals surface area (Å²) in [5, 5.41) is 78.1. The molecule has 2 atom stereocenters. The van der Waals surface area contributed by atoms with Gasteiger partial charge in [-0.25, -0.2) is 19.6 Å². The Morgan fingerprint density at radius 1 is 0.680 bits per heavy atom. The summed E-state index contributed by atoms with van der Waals surface area (Å²) < 4.78 is 0. The molecule has 0 amide bonds. The smallest absolute Gasteiger partial charge is 0.505 e. The molecule has 8 N–H and O–H groups in total. The van der Waals surface area contributed by atoms with Crippen LogP contribution in [-0.2, 0) is 52.4 Å². The van der Waals surface area contributed by atoms with E-state index in [0.29, 0.717) is 22.5 Å². The van der Waals surface area contributed by atoms with Crippen molar-refractivity contribution in [2.24, 2.45) is 9.98 Å². The first-order valence-electron chi connectivity index (χ1n) is 14.4. The molecule has 4 aromatic rings. The fourth-order valence-corrected chi connectivity index (χ4v) is 4.30. The average molecular weight is 743 g/mol. The van der Waals surface area contributed by atoms with Crippen molar-refractivity contribution in [1.29, 1.82) is 0 Å². The second kappa shape index (κ2) is 20.0. The van der Waals surface area contributed by atoms with E-state index in [-0.39, 0.29) is 92.9 Å². The van der Waals surface area contributed by atoms with Gasteiger partial charge in [0.1, 0.15) is 11.5 Å². The SMILES string of the molecule is Cc1ncc(CO)c(/C=N/[C@@](O)(Cc2ccccc2)C(=O)O)c1O.Cc1ncc(CO)c(/C=N/[C@@](O)(Cc2ccccc2)C(=O)O)c1O.[Co].[Na+]. The number of nitrogens with zero attached hydrogens (tertiary/aromatic N) is 4. The number of rotatable bonds is 12. The fourth-order valence-electron chi connectivity index (χ4n) is 4.30. The number of aliphatic hydroxyl groups excluding tert-OH is 2. The number of carboxylic acids is 2. The van der Waals surface area contributed by atoms with Crippen LogP contribution in [0, 0.1) is 13.8 Å². The van der Waals surface area contributed by atoms with Gasteiger partial charge in [-0.05, 0) is 25.0 Å². The van der Waals surface area contributed by atoms with Gasteiger partial charge in [-0.1, -0.05) is 60.7 Å². The molecule has 261 valence electrons. The number of hydrogen-bond donors (Lipinski definition) is 8. The molecule has 2 heterocycles. The molecule has 0 unspecified atom stereocenters. The quantitative estimate of drug-likeness (QED) is 0.0647. The van der Waals surface area contributed by atoms with Crippen molar-refractivity contribution in [1.82, 2.24) is 9.97 Å². The van der Waals surface area contributed by atoms with Crippen molar-refractivity contribution in [2.75, 3.05) is 0 Å². The fraction of sp³-hybridized carbons (Fsp3) is 0.235. The molecule has 0 spiro atoms. The van der Waals surface area contributed by atoms with Crippen LogP contribution in [0.25, 0.3) is 0 Å². The summed E-state index contributed by atoms with van der Waals surface area (Å²) in [7, 11) is 0. The summed E-state index contributed by atoms with van der Waals surface area (Å²) >= 11 is 0. The van der Waals surface area contributed by atoms with Crippen molar-refractivity contribution in [3.05, 3.63) is 118 Å². The normalized spacial score (nSPS) is 13.2. The minimum absolute atomic E-state index is 0. The summed E-state index contributed by atoms with van der Waals surface area (Å²) in [5.41, 5.74) is -2.20. The van der Waals surface area contributed by atoms with Crippen LogP contribution < -0.4 is 29.6 Å². The summed E-state index contributed by atoms with van der Waals surface area (Å²) in [4.78, 5) is 38.3. The summed E-state index contributed by atoms with van der Waals surface area (Å²) in [6.07, 6.45) is 4.33. The van der Waals surface area contributed by atoms with E-state index in [1.807, 2.05) is 0 Å². The zero-order valence-electron chi connectivity index (χ0n) is 27.4. The van der Waals surface area contributed by atoms with E-state index in [9.17, 15) is 50.4 Å². The minimum atomic E-state index is -2.39. The second-order valence-electron chi connectivity index (χ2n) is 10.7. The third-order valence-corrected chi connectivity index (χ3v) is 7.14. The van der Waals surface area contributed by atoms with Crippen LogP contribution in [-0.4, -0.2) is 86.6 Å². The van der Waals surface area contributed by atoms with Crippen LogP contribution in [0.5, 0.6) is 11.5 Å². The molecule has 2 aromatic heterocycles. The Labute approximate surface area is 320 Å². The number of carbonyl (C=O) groups is 2. The van der Waals surface area contributed by atoms with Crippen LogP contribution in [0.15, 0.2) is 83.0 Å².